The van der Waals surface area contributed by atoms with Crippen molar-refractivity contribution in [3.63, 3.8) is 0 Å². The molecule has 0 radical (unpaired) electrons. The van der Waals surface area contributed by atoms with Crippen molar-refractivity contribution in [3.8, 4) is 0 Å². The topological polar surface area (TPSA) is 60.9 Å². The molecule has 1 saturated carbocycles. The van der Waals surface area contributed by atoms with E-state index in [4.69, 9.17) is 0 Å². The van der Waals surface area contributed by atoms with Crippen molar-refractivity contribution in [1.29, 1.82) is 0 Å². The Labute approximate surface area is 129 Å². The van der Waals surface area contributed by atoms with Crippen molar-refractivity contribution in [2.75, 3.05) is 33.7 Å². The smallest absolute Gasteiger partial charge is 0.282 e. The van der Waals surface area contributed by atoms with Crippen LogP contribution in [0.5, 0.6) is 0 Å². The molecule has 7 heteroatoms. The summed E-state index contributed by atoms with van der Waals surface area (Å²) < 4.78 is 27.7. The summed E-state index contributed by atoms with van der Waals surface area (Å²) in [6, 6.07) is 0.0646. The maximum absolute atomic E-state index is 12.5. The molecule has 0 heterocycles. The van der Waals surface area contributed by atoms with Crippen LogP contribution in [0.15, 0.2) is 0 Å². The number of carbonyl (C=O) groups excluding carboxylic acids is 1. The van der Waals surface area contributed by atoms with Crippen LogP contribution in [0, 0.1) is 0 Å². The van der Waals surface area contributed by atoms with Crippen LogP contribution in [0.25, 0.3) is 0 Å². The van der Waals surface area contributed by atoms with Crippen molar-refractivity contribution >= 4 is 16.1 Å². The van der Waals surface area contributed by atoms with Gasteiger partial charge >= 0.3 is 0 Å². The van der Waals surface area contributed by atoms with Gasteiger partial charge in [-0.2, -0.15) is 17.0 Å². The average molecular weight is 319 g/mol. The Bertz CT molecular complexity index is 429. The van der Waals surface area contributed by atoms with Gasteiger partial charge in [0.05, 0.1) is 6.54 Å². The highest BCUT2D eigenvalue weighted by atomic mass is 32.2. The number of likely N-dealkylation sites (N-methyl/N-ethyl adjacent to an activating group) is 2. The summed E-state index contributed by atoms with van der Waals surface area (Å²) in [5.74, 6) is -0.150. The molecule has 0 aromatic heterocycles. The molecule has 21 heavy (non-hydrogen) atoms. The van der Waals surface area contributed by atoms with E-state index >= 15 is 0 Å². The van der Waals surface area contributed by atoms with Gasteiger partial charge in [0.25, 0.3) is 10.2 Å². The minimum atomic E-state index is -3.56. The molecule has 124 valence electrons. The van der Waals surface area contributed by atoms with E-state index in [0.717, 1.165) is 25.7 Å². The first-order valence-electron chi connectivity index (χ1n) is 7.81. The van der Waals surface area contributed by atoms with Gasteiger partial charge in [0.1, 0.15) is 0 Å². The van der Waals surface area contributed by atoms with Gasteiger partial charge in [-0.15, -0.1) is 0 Å². The van der Waals surface area contributed by atoms with Crippen LogP contribution in [0.4, 0.5) is 0 Å². The number of hydrogen-bond donors (Lipinski definition) is 0. The third-order valence-electron chi connectivity index (χ3n) is 4.32. The lowest BCUT2D eigenvalue weighted by molar-refractivity contribution is -0.130. The quantitative estimate of drug-likeness (QED) is 0.710. The fourth-order valence-electron chi connectivity index (χ4n) is 2.80. The van der Waals surface area contributed by atoms with Crippen molar-refractivity contribution < 1.29 is 13.2 Å². The Hall–Kier alpha value is -0.660. The summed E-state index contributed by atoms with van der Waals surface area (Å²) in [6.07, 6.45) is 5.15. The molecule has 0 spiro atoms. The van der Waals surface area contributed by atoms with Crippen LogP contribution in [0.2, 0.25) is 0 Å². The third-order valence-corrected chi connectivity index (χ3v) is 6.26. The molecule has 6 nitrogen and oxygen atoms in total. The lowest BCUT2D eigenvalue weighted by Crippen LogP contribution is -2.49. The minimum Gasteiger partial charge on any atom is -0.342 e. The van der Waals surface area contributed by atoms with Gasteiger partial charge in [-0.3, -0.25) is 4.79 Å². The van der Waals surface area contributed by atoms with E-state index in [2.05, 4.69) is 0 Å². The van der Waals surface area contributed by atoms with E-state index in [0.29, 0.717) is 13.1 Å². The lowest BCUT2D eigenvalue weighted by Gasteiger charge is -2.33. The Morgan fingerprint density at radius 1 is 1.05 bits per heavy atom. The van der Waals surface area contributed by atoms with Crippen molar-refractivity contribution in [3.05, 3.63) is 0 Å². The van der Waals surface area contributed by atoms with Crippen LogP contribution in [-0.2, 0) is 15.0 Å². The van der Waals surface area contributed by atoms with Crippen LogP contribution < -0.4 is 0 Å². The number of hydrogen-bond acceptors (Lipinski definition) is 3. The molecular formula is C14H29N3O3S. The van der Waals surface area contributed by atoms with Gasteiger partial charge < -0.3 is 4.90 Å². The molecule has 0 bridgehead atoms. The van der Waals surface area contributed by atoms with E-state index in [1.165, 1.54) is 22.1 Å². The molecule has 1 fully saturated rings. The number of nitrogens with zero attached hydrogens (tertiary/aromatic N) is 3. The fraction of sp³-hybridized carbons (Fsp3) is 0.929. The Kier molecular flexibility index (Phi) is 7.09. The summed E-state index contributed by atoms with van der Waals surface area (Å²) in [5.41, 5.74) is 0. The summed E-state index contributed by atoms with van der Waals surface area (Å²) >= 11 is 0. The monoisotopic (exact) mass is 319 g/mol. The molecule has 0 aliphatic heterocycles. The zero-order valence-corrected chi connectivity index (χ0v) is 14.5. The molecule has 0 aromatic carbocycles. The molecular weight excluding hydrogens is 290 g/mol. The van der Waals surface area contributed by atoms with Crippen LogP contribution in [-0.4, -0.2) is 67.6 Å². The van der Waals surface area contributed by atoms with Crippen molar-refractivity contribution in [1.82, 2.24) is 13.5 Å². The van der Waals surface area contributed by atoms with Crippen molar-refractivity contribution in [2.24, 2.45) is 0 Å². The zero-order chi connectivity index (χ0) is 16.0. The highest BCUT2D eigenvalue weighted by molar-refractivity contribution is 7.86. The number of rotatable bonds is 7. The van der Waals surface area contributed by atoms with E-state index in [9.17, 15) is 13.2 Å². The average Bonchev–Trinajstić information content (AvgIpc) is 2.48. The molecule has 1 aliphatic carbocycles. The maximum Gasteiger partial charge on any atom is 0.282 e. The maximum atomic E-state index is 12.5. The predicted molar refractivity (Wildman–Crippen MR) is 84.1 cm³/mol. The number of carbonyl (C=O) groups is 1. The second-order valence-electron chi connectivity index (χ2n) is 5.64. The van der Waals surface area contributed by atoms with Crippen LogP contribution in [0.1, 0.15) is 46.0 Å². The molecule has 1 amide bonds. The molecule has 0 N–H and O–H groups in total. The highest BCUT2D eigenvalue weighted by Crippen LogP contribution is 2.24. The predicted octanol–water partition coefficient (Wildman–Crippen LogP) is 1.30. The zero-order valence-electron chi connectivity index (χ0n) is 13.7. The summed E-state index contributed by atoms with van der Waals surface area (Å²) in [6.45, 7) is 4.89. The highest BCUT2D eigenvalue weighted by Gasteiger charge is 2.32. The molecule has 1 aliphatic rings. The van der Waals surface area contributed by atoms with E-state index in [-0.39, 0.29) is 18.5 Å². The van der Waals surface area contributed by atoms with Crippen molar-refractivity contribution in [2.45, 2.75) is 52.0 Å². The first kappa shape index (κ1) is 18.4. The van der Waals surface area contributed by atoms with Gasteiger partial charge in [-0.1, -0.05) is 19.3 Å². The largest absolute Gasteiger partial charge is 0.342 e. The second kappa shape index (κ2) is 8.10. The second-order valence-corrected chi connectivity index (χ2v) is 7.73. The Morgan fingerprint density at radius 3 is 2.05 bits per heavy atom. The van der Waals surface area contributed by atoms with Crippen LogP contribution in [0.3, 0.4) is 0 Å². The standard InChI is InChI=1S/C14H29N3O3S/c1-5-17(6-2)14(18)12-15(3)21(19,20)16(4)13-10-8-7-9-11-13/h13H,5-12H2,1-4H3. The molecule has 0 unspecified atom stereocenters. The minimum absolute atomic E-state index is 0.0646. The van der Waals surface area contributed by atoms with E-state index in [1.807, 2.05) is 13.8 Å². The van der Waals surface area contributed by atoms with Gasteiger partial charge in [-0.05, 0) is 26.7 Å². The summed E-state index contributed by atoms with van der Waals surface area (Å²) in [7, 11) is -0.454. The molecule has 0 aromatic rings. The molecule has 1 rings (SSSR count). The van der Waals surface area contributed by atoms with Gasteiger partial charge in [0, 0.05) is 33.2 Å². The SMILES string of the molecule is CCN(CC)C(=O)CN(C)S(=O)(=O)N(C)C1CCCCC1. The van der Waals surface area contributed by atoms with Gasteiger partial charge in [0.15, 0.2) is 0 Å². The van der Waals surface area contributed by atoms with E-state index < -0.39 is 10.2 Å². The Balaban J connectivity index is 2.69. The Morgan fingerprint density at radius 2 is 1.57 bits per heavy atom. The molecule has 0 atom stereocenters. The van der Waals surface area contributed by atoms with E-state index in [1.54, 1.807) is 11.9 Å². The number of amides is 1. The molecule has 0 saturated heterocycles. The van der Waals surface area contributed by atoms with Crippen LogP contribution >= 0.6 is 0 Å². The normalized spacial score (nSPS) is 17.4. The summed E-state index contributed by atoms with van der Waals surface area (Å²) in [5, 5.41) is 0. The fourth-order valence-corrected chi connectivity index (χ4v) is 4.10. The first-order valence-corrected chi connectivity index (χ1v) is 9.21. The van der Waals surface area contributed by atoms with Gasteiger partial charge in [-0.25, -0.2) is 0 Å². The first-order chi connectivity index (χ1) is 9.84. The lowest BCUT2D eigenvalue weighted by atomic mass is 9.96. The third kappa shape index (κ3) is 4.66. The summed E-state index contributed by atoms with van der Waals surface area (Å²) in [4.78, 5) is 13.7. The van der Waals surface area contributed by atoms with Gasteiger partial charge in [0.2, 0.25) is 5.91 Å².